The molecule has 0 fully saturated rings. The number of benzene rings is 1. The summed E-state index contributed by atoms with van der Waals surface area (Å²) in [5, 5.41) is 10.6. The third-order valence-electron chi connectivity index (χ3n) is 1.54. The van der Waals surface area contributed by atoms with Gasteiger partial charge in [-0.15, -0.1) is 0 Å². The molecule has 0 spiro atoms. The van der Waals surface area contributed by atoms with Crippen molar-refractivity contribution in [2.75, 3.05) is 7.11 Å². The van der Waals surface area contributed by atoms with E-state index in [4.69, 9.17) is 15.4 Å². The van der Waals surface area contributed by atoms with Gasteiger partial charge in [0, 0.05) is 6.07 Å². The summed E-state index contributed by atoms with van der Waals surface area (Å²) in [7, 11) is 4.76. The van der Waals surface area contributed by atoms with Crippen molar-refractivity contribution in [1.82, 2.24) is 0 Å². The van der Waals surface area contributed by atoms with Gasteiger partial charge in [-0.2, -0.15) is 0 Å². The van der Waals surface area contributed by atoms with Crippen LogP contribution in [0.25, 0.3) is 0 Å². The van der Waals surface area contributed by atoms with Gasteiger partial charge in [0.1, 0.15) is 16.1 Å². The Bertz CT molecular complexity index is 358. The summed E-state index contributed by atoms with van der Waals surface area (Å²) >= 11 is 0. The first-order valence-electron chi connectivity index (χ1n) is 3.46. The number of rotatable bonds is 3. The van der Waals surface area contributed by atoms with Gasteiger partial charge in [-0.05, 0) is 6.07 Å². The van der Waals surface area contributed by atoms with E-state index in [-0.39, 0.29) is 10.6 Å². The Morgan fingerprint density at radius 2 is 2.21 bits per heavy atom. The van der Waals surface area contributed by atoms with Gasteiger partial charge in [0.2, 0.25) is 4.90 Å². The van der Waals surface area contributed by atoms with Gasteiger partial charge in [0.05, 0.1) is 18.1 Å². The molecular formula is C7H6ClNO4S. The van der Waals surface area contributed by atoms with E-state index < -0.39 is 15.3 Å². The molecule has 0 aliphatic rings. The highest BCUT2D eigenvalue weighted by Crippen LogP contribution is 2.30. The fourth-order valence-electron chi connectivity index (χ4n) is 0.903. The Morgan fingerprint density at radius 3 is 2.64 bits per heavy atom. The third kappa shape index (κ3) is 2.28. The minimum atomic E-state index is -1.90. The van der Waals surface area contributed by atoms with Crippen LogP contribution in [0, 0.1) is 10.1 Å². The number of nitro groups is 1. The molecule has 0 N–H and O–H groups in total. The number of halogens is 1. The van der Waals surface area contributed by atoms with Gasteiger partial charge in [-0.3, -0.25) is 10.1 Å². The van der Waals surface area contributed by atoms with E-state index in [1.165, 1.54) is 25.3 Å². The van der Waals surface area contributed by atoms with Crippen LogP contribution in [0.15, 0.2) is 23.1 Å². The standard InChI is InChI=1S/C7H6ClNO4S/c1-13-5-2-3-7(14(8)12)6(4-5)9(10)11/h2-4H,1H3. The Morgan fingerprint density at radius 1 is 1.57 bits per heavy atom. The zero-order valence-electron chi connectivity index (χ0n) is 7.10. The Balaban J connectivity index is 3.24. The molecular weight excluding hydrogens is 230 g/mol. The molecule has 0 radical (unpaired) electrons. The molecule has 0 aliphatic carbocycles. The number of ether oxygens (including phenoxy) is 1. The lowest BCUT2D eigenvalue weighted by atomic mass is 10.3. The summed E-state index contributed by atoms with van der Waals surface area (Å²) in [6.07, 6.45) is 0. The minimum Gasteiger partial charge on any atom is -0.594 e. The van der Waals surface area contributed by atoms with Crippen LogP contribution in [-0.2, 0) is 10.4 Å². The fourth-order valence-corrected chi connectivity index (χ4v) is 1.77. The molecule has 1 aromatic rings. The molecule has 0 bridgehead atoms. The van der Waals surface area contributed by atoms with Crippen LogP contribution in [0.2, 0.25) is 0 Å². The van der Waals surface area contributed by atoms with Crippen molar-refractivity contribution in [3.05, 3.63) is 28.3 Å². The lowest BCUT2D eigenvalue weighted by molar-refractivity contribution is -0.387. The third-order valence-corrected chi connectivity index (χ3v) is 2.73. The number of hydrogen-bond acceptors (Lipinski definition) is 4. The molecule has 0 amide bonds. The van der Waals surface area contributed by atoms with Crippen molar-refractivity contribution in [2.24, 2.45) is 0 Å². The zero-order valence-corrected chi connectivity index (χ0v) is 8.67. The summed E-state index contributed by atoms with van der Waals surface area (Å²) in [6, 6.07) is 3.94. The van der Waals surface area contributed by atoms with Crippen LogP contribution in [-0.4, -0.2) is 16.6 Å². The molecule has 0 saturated carbocycles. The minimum absolute atomic E-state index is 0.0301. The Kier molecular flexibility index (Phi) is 3.56. The number of methoxy groups -OCH3 is 1. The predicted octanol–water partition coefficient (Wildman–Crippen LogP) is 1.86. The molecule has 0 aliphatic heterocycles. The van der Waals surface area contributed by atoms with Crippen molar-refractivity contribution in [3.8, 4) is 5.75 Å². The van der Waals surface area contributed by atoms with Crippen molar-refractivity contribution < 1.29 is 14.2 Å². The average molecular weight is 236 g/mol. The topological polar surface area (TPSA) is 75.4 Å². The van der Waals surface area contributed by atoms with Gasteiger partial charge in [0.15, 0.2) is 10.7 Å². The van der Waals surface area contributed by atoms with Crippen LogP contribution in [0.3, 0.4) is 0 Å². The van der Waals surface area contributed by atoms with E-state index in [1.54, 1.807) is 0 Å². The van der Waals surface area contributed by atoms with Crippen molar-refractivity contribution in [3.63, 3.8) is 0 Å². The van der Waals surface area contributed by atoms with Gasteiger partial charge < -0.3 is 9.29 Å². The maximum absolute atomic E-state index is 10.9. The highest BCUT2D eigenvalue weighted by molar-refractivity contribution is 8.13. The second-order valence-electron chi connectivity index (χ2n) is 2.31. The van der Waals surface area contributed by atoms with Crippen molar-refractivity contribution >= 4 is 26.8 Å². The average Bonchev–Trinajstić information content (AvgIpc) is 2.16. The van der Waals surface area contributed by atoms with Crippen LogP contribution in [0.5, 0.6) is 5.75 Å². The van der Waals surface area contributed by atoms with E-state index in [2.05, 4.69) is 0 Å². The van der Waals surface area contributed by atoms with Crippen molar-refractivity contribution in [1.29, 1.82) is 0 Å². The van der Waals surface area contributed by atoms with Crippen LogP contribution < -0.4 is 4.74 Å². The van der Waals surface area contributed by atoms with Crippen molar-refractivity contribution in [2.45, 2.75) is 4.90 Å². The van der Waals surface area contributed by atoms with Crippen LogP contribution in [0.4, 0.5) is 5.69 Å². The summed E-state index contributed by atoms with van der Waals surface area (Å²) in [5.41, 5.74) is -0.308. The normalized spacial score (nSPS) is 12.2. The number of nitro benzene ring substituents is 1. The smallest absolute Gasteiger partial charge is 0.329 e. The molecule has 7 heteroatoms. The molecule has 1 unspecified atom stereocenters. The molecule has 5 nitrogen and oxygen atoms in total. The van der Waals surface area contributed by atoms with Crippen LogP contribution in [0.1, 0.15) is 0 Å². The lowest BCUT2D eigenvalue weighted by Gasteiger charge is -2.03. The van der Waals surface area contributed by atoms with Gasteiger partial charge >= 0.3 is 5.69 Å². The van der Waals surface area contributed by atoms with E-state index in [9.17, 15) is 14.7 Å². The SMILES string of the molecule is COc1ccc([S+]([O-])Cl)c([N+](=O)[O-])c1. The Labute approximate surface area is 87.5 Å². The molecule has 0 aromatic heterocycles. The molecule has 1 atom stereocenters. The molecule has 1 rings (SSSR count). The Hall–Kier alpha value is -0.980. The first-order chi connectivity index (χ1) is 6.56. The molecule has 1 aromatic carbocycles. The maximum atomic E-state index is 10.9. The molecule has 14 heavy (non-hydrogen) atoms. The summed E-state index contributed by atoms with van der Waals surface area (Å²) in [6.45, 7) is 0. The second-order valence-corrected chi connectivity index (χ2v) is 4.04. The summed E-state index contributed by atoms with van der Waals surface area (Å²) < 4.78 is 15.7. The quantitative estimate of drug-likeness (QED) is 0.455. The highest BCUT2D eigenvalue weighted by Gasteiger charge is 2.24. The number of nitrogens with zero attached hydrogens (tertiary/aromatic N) is 1. The predicted molar refractivity (Wildman–Crippen MR) is 51.9 cm³/mol. The first-order valence-corrected chi connectivity index (χ1v) is 5.44. The highest BCUT2D eigenvalue weighted by atomic mass is 35.7. The van der Waals surface area contributed by atoms with Crippen LogP contribution >= 0.6 is 10.7 Å². The molecule has 76 valence electrons. The number of hydrogen-bond donors (Lipinski definition) is 0. The van der Waals surface area contributed by atoms with E-state index in [0.29, 0.717) is 5.75 Å². The fraction of sp³-hybridized carbons (Fsp3) is 0.143. The largest absolute Gasteiger partial charge is 0.594 e. The lowest BCUT2D eigenvalue weighted by Crippen LogP contribution is -1.99. The first kappa shape index (κ1) is 11.1. The zero-order chi connectivity index (χ0) is 10.7. The monoisotopic (exact) mass is 235 g/mol. The van der Waals surface area contributed by atoms with Gasteiger partial charge in [-0.25, -0.2) is 0 Å². The van der Waals surface area contributed by atoms with Gasteiger partial charge in [-0.1, -0.05) is 0 Å². The van der Waals surface area contributed by atoms with E-state index in [1.807, 2.05) is 0 Å². The van der Waals surface area contributed by atoms with E-state index in [0.717, 1.165) is 0 Å². The van der Waals surface area contributed by atoms with Gasteiger partial charge in [0.25, 0.3) is 0 Å². The molecule has 0 saturated heterocycles. The molecule has 0 heterocycles. The maximum Gasteiger partial charge on any atom is 0.329 e. The van der Waals surface area contributed by atoms with E-state index >= 15 is 0 Å². The second kappa shape index (κ2) is 4.50. The summed E-state index contributed by atoms with van der Waals surface area (Å²) in [4.78, 5) is 9.87. The summed E-state index contributed by atoms with van der Waals surface area (Å²) in [5.74, 6) is 0.322.